The molecular weight excluding hydrogens is 272 g/mol. The van der Waals surface area contributed by atoms with Crippen LogP contribution in [0.1, 0.15) is 65.7 Å². The molecule has 0 aromatic rings. The summed E-state index contributed by atoms with van der Waals surface area (Å²) in [6, 6.07) is 0. The van der Waals surface area contributed by atoms with E-state index >= 15 is 0 Å². The van der Waals surface area contributed by atoms with E-state index in [0.717, 1.165) is 37.7 Å². The van der Waals surface area contributed by atoms with Crippen LogP contribution in [-0.2, 0) is 9.59 Å². The van der Waals surface area contributed by atoms with E-state index in [2.05, 4.69) is 27.4 Å². The van der Waals surface area contributed by atoms with Gasteiger partial charge >= 0.3 is 0 Å². The van der Waals surface area contributed by atoms with Crippen molar-refractivity contribution in [1.82, 2.24) is 0 Å². The van der Waals surface area contributed by atoms with Crippen LogP contribution in [0.3, 0.4) is 0 Å². The number of ketones is 2. The summed E-state index contributed by atoms with van der Waals surface area (Å²) >= 11 is 0. The van der Waals surface area contributed by atoms with Gasteiger partial charge in [0.25, 0.3) is 0 Å². The van der Waals surface area contributed by atoms with Gasteiger partial charge in [-0.05, 0) is 60.3 Å². The molecule has 4 aliphatic rings. The van der Waals surface area contributed by atoms with E-state index in [-0.39, 0.29) is 27.9 Å². The molecule has 0 aromatic heterocycles. The molecule has 0 aromatic carbocycles. The molecule has 0 heterocycles. The van der Waals surface area contributed by atoms with Crippen molar-refractivity contribution in [2.75, 3.05) is 0 Å². The van der Waals surface area contributed by atoms with E-state index in [9.17, 15) is 9.59 Å². The molecule has 0 aliphatic heterocycles. The second-order valence-electron chi connectivity index (χ2n) is 9.47. The summed E-state index contributed by atoms with van der Waals surface area (Å²) in [5.74, 6) is 1.50. The normalized spacial score (nSPS) is 49.8. The fraction of sp³-hybridized carbons (Fsp3) is 0.800. The van der Waals surface area contributed by atoms with Gasteiger partial charge in [-0.1, -0.05) is 33.8 Å². The van der Waals surface area contributed by atoms with E-state index in [1.165, 1.54) is 6.42 Å². The highest BCUT2D eigenvalue weighted by Gasteiger charge is 2.68. The van der Waals surface area contributed by atoms with Gasteiger partial charge in [-0.15, -0.1) is 0 Å². The van der Waals surface area contributed by atoms with Crippen molar-refractivity contribution in [3.05, 3.63) is 12.2 Å². The van der Waals surface area contributed by atoms with Crippen molar-refractivity contribution in [2.24, 2.45) is 34.0 Å². The zero-order valence-corrected chi connectivity index (χ0v) is 14.2. The summed E-state index contributed by atoms with van der Waals surface area (Å²) in [5.41, 5.74) is 0.548. The molecule has 4 fully saturated rings. The maximum Gasteiger partial charge on any atom is 0.165 e. The lowest BCUT2D eigenvalue weighted by Crippen LogP contribution is -2.61. The Labute approximate surface area is 133 Å². The highest BCUT2D eigenvalue weighted by Crippen LogP contribution is 2.70. The number of rotatable bonds is 0. The molecule has 2 heteroatoms. The molecule has 0 unspecified atom stereocenters. The van der Waals surface area contributed by atoms with Crippen molar-refractivity contribution >= 4 is 11.6 Å². The lowest BCUT2D eigenvalue weighted by atomic mass is 9.41. The van der Waals surface area contributed by atoms with Gasteiger partial charge in [-0.25, -0.2) is 0 Å². The van der Waals surface area contributed by atoms with Gasteiger partial charge < -0.3 is 0 Å². The Kier molecular flexibility index (Phi) is 2.75. The number of carbonyl (C=O) groups excluding carboxylic acids is 2. The summed E-state index contributed by atoms with van der Waals surface area (Å²) in [4.78, 5) is 26.2. The van der Waals surface area contributed by atoms with Crippen LogP contribution in [0.25, 0.3) is 0 Å². The first-order chi connectivity index (χ1) is 10.2. The van der Waals surface area contributed by atoms with Gasteiger partial charge in [0.05, 0.1) is 0 Å². The van der Waals surface area contributed by atoms with Crippen molar-refractivity contribution < 1.29 is 9.59 Å². The maximum absolute atomic E-state index is 13.2. The summed E-state index contributed by atoms with van der Waals surface area (Å²) in [7, 11) is 0. The minimum absolute atomic E-state index is 0.0162. The summed E-state index contributed by atoms with van der Waals surface area (Å²) in [5, 5.41) is 0. The fourth-order valence-electron chi connectivity index (χ4n) is 7.32. The van der Waals surface area contributed by atoms with E-state index in [1.54, 1.807) is 0 Å². The van der Waals surface area contributed by atoms with Crippen LogP contribution >= 0.6 is 0 Å². The highest BCUT2D eigenvalue weighted by atomic mass is 16.1. The number of hydrogen-bond acceptors (Lipinski definition) is 2. The first-order valence-corrected chi connectivity index (χ1v) is 8.99. The standard InChI is InChI=1S/C20H28O2/c1-12-13-6-7-15-19(4)9-5-8-18(2,3)16(19)14(21)11-20(15,10-13)17(12)22/h13,15-16H,1,5-11H2,2-4H3/t13-,15-,16+,19-,20-/m1/s1. The molecule has 2 bridgehead atoms. The van der Waals surface area contributed by atoms with Crippen LogP contribution in [0.15, 0.2) is 12.2 Å². The zero-order chi connectivity index (χ0) is 15.9. The van der Waals surface area contributed by atoms with Crippen LogP contribution in [0, 0.1) is 34.0 Å². The summed E-state index contributed by atoms with van der Waals surface area (Å²) < 4.78 is 0. The van der Waals surface area contributed by atoms with Crippen LogP contribution in [0.5, 0.6) is 0 Å². The number of Topliss-reactive ketones (excluding diaryl/α,β-unsaturated/α-hetero) is 2. The van der Waals surface area contributed by atoms with Gasteiger partial charge in [0.1, 0.15) is 5.78 Å². The van der Waals surface area contributed by atoms with Crippen molar-refractivity contribution in [3.63, 3.8) is 0 Å². The molecule has 0 saturated heterocycles. The largest absolute Gasteiger partial charge is 0.299 e. The fourth-order valence-corrected chi connectivity index (χ4v) is 7.32. The predicted molar refractivity (Wildman–Crippen MR) is 86.3 cm³/mol. The van der Waals surface area contributed by atoms with Gasteiger partial charge in [-0.2, -0.15) is 0 Å². The Morgan fingerprint density at radius 3 is 2.55 bits per heavy atom. The molecule has 2 nitrogen and oxygen atoms in total. The predicted octanol–water partition coefficient (Wildman–Crippen LogP) is 4.33. The van der Waals surface area contributed by atoms with Gasteiger partial charge in [0, 0.05) is 17.8 Å². The topological polar surface area (TPSA) is 34.1 Å². The minimum atomic E-state index is -0.379. The van der Waals surface area contributed by atoms with Crippen molar-refractivity contribution in [2.45, 2.75) is 65.7 Å². The minimum Gasteiger partial charge on any atom is -0.299 e. The zero-order valence-electron chi connectivity index (χ0n) is 14.2. The molecule has 0 radical (unpaired) electrons. The summed E-state index contributed by atoms with van der Waals surface area (Å²) in [6.07, 6.45) is 7.07. The number of allylic oxidation sites excluding steroid dienone is 1. The molecule has 4 saturated carbocycles. The van der Waals surface area contributed by atoms with Crippen molar-refractivity contribution in [1.29, 1.82) is 0 Å². The quantitative estimate of drug-likeness (QED) is 0.624. The lowest BCUT2D eigenvalue weighted by molar-refractivity contribution is -0.174. The first kappa shape index (κ1) is 14.7. The SMILES string of the molecule is C=C1C(=O)[C@]23CC(=O)[C@H]4C(C)(C)CCC[C@]4(C)[C@H]2CC[C@@H]1C3. The average molecular weight is 300 g/mol. The van der Waals surface area contributed by atoms with Gasteiger partial charge in [0.15, 0.2) is 5.78 Å². The molecule has 22 heavy (non-hydrogen) atoms. The van der Waals surface area contributed by atoms with Gasteiger partial charge in [-0.3, -0.25) is 9.59 Å². The Morgan fingerprint density at radius 1 is 1.09 bits per heavy atom. The molecule has 5 atom stereocenters. The monoisotopic (exact) mass is 300 g/mol. The third-order valence-electron chi connectivity index (χ3n) is 7.90. The Balaban J connectivity index is 1.85. The van der Waals surface area contributed by atoms with Crippen LogP contribution in [0.2, 0.25) is 0 Å². The molecule has 1 spiro atoms. The third kappa shape index (κ3) is 1.52. The average Bonchev–Trinajstić information content (AvgIpc) is 2.58. The Bertz CT molecular complexity index is 587. The smallest absolute Gasteiger partial charge is 0.165 e. The number of carbonyl (C=O) groups is 2. The van der Waals surface area contributed by atoms with Crippen molar-refractivity contribution in [3.8, 4) is 0 Å². The van der Waals surface area contributed by atoms with Gasteiger partial charge in [0.2, 0.25) is 0 Å². The van der Waals surface area contributed by atoms with Crippen LogP contribution < -0.4 is 0 Å². The Hall–Kier alpha value is -0.920. The number of fused-ring (bicyclic) bond motifs is 3. The summed E-state index contributed by atoms with van der Waals surface area (Å²) in [6.45, 7) is 11.0. The molecule has 4 aliphatic carbocycles. The molecule has 120 valence electrons. The molecule has 0 amide bonds. The third-order valence-corrected chi connectivity index (χ3v) is 7.90. The van der Waals surface area contributed by atoms with Crippen LogP contribution in [0.4, 0.5) is 0 Å². The van der Waals surface area contributed by atoms with E-state index in [0.29, 0.717) is 24.0 Å². The van der Waals surface area contributed by atoms with Crippen LogP contribution in [-0.4, -0.2) is 11.6 Å². The second kappa shape index (κ2) is 4.13. The molecular formula is C20H28O2. The van der Waals surface area contributed by atoms with E-state index < -0.39 is 0 Å². The number of hydrogen-bond donors (Lipinski definition) is 0. The second-order valence-corrected chi connectivity index (χ2v) is 9.47. The van der Waals surface area contributed by atoms with E-state index in [4.69, 9.17) is 0 Å². The lowest BCUT2D eigenvalue weighted by Gasteiger charge is -2.62. The highest BCUT2D eigenvalue weighted by molar-refractivity contribution is 6.06. The van der Waals surface area contributed by atoms with E-state index in [1.807, 2.05) is 0 Å². The Morgan fingerprint density at radius 2 is 1.82 bits per heavy atom. The molecule has 4 rings (SSSR count). The molecule has 0 N–H and O–H groups in total. The first-order valence-electron chi connectivity index (χ1n) is 8.99. The maximum atomic E-state index is 13.2.